The van der Waals surface area contributed by atoms with E-state index in [1.807, 2.05) is 0 Å². The SMILES string of the molecule is CC(=O)c1ccc(NC(=O)Nc2ccccc2S(N)(=O)=O)cc1. The van der Waals surface area contributed by atoms with E-state index in [0.29, 0.717) is 11.3 Å². The number of Topliss-reactive ketones (excluding diaryl/α,β-unsaturated/α-hetero) is 1. The average molecular weight is 333 g/mol. The number of para-hydroxylation sites is 1. The Morgan fingerprint density at radius 1 is 0.957 bits per heavy atom. The molecule has 0 radical (unpaired) electrons. The lowest BCUT2D eigenvalue weighted by molar-refractivity contribution is 0.101. The van der Waals surface area contributed by atoms with Crippen molar-refractivity contribution in [3.8, 4) is 0 Å². The van der Waals surface area contributed by atoms with Gasteiger partial charge in [-0.15, -0.1) is 0 Å². The van der Waals surface area contributed by atoms with Crippen molar-refractivity contribution >= 4 is 33.2 Å². The molecule has 0 heterocycles. The summed E-state index contributed by atoms with van der Waals surface area (Å²) in [6.07, 6.45) is 0. The molecule has 0 aliphatic rings. The molecule has 0 spiro atoms. The van der Waals surface area contributed by atoms with Crippen molar-refractivity contribution < 1.29 is 18.0 Å². The monoisotopic (exact) mass is 333 g/mol. The minimum Gasteiger partial charge on any atom is -0.308 e. The van der Waals surface area contributed by atoms with Gasteiger partial charge in [0.25, 0.3) is 0 Å². The number of sulfonamides is 1. The Hall–Kier alpha value is -2.71. The van der Waals surface area contributed by atoms with Crippen molar-refractivity contribution in [3.05, 3.63) is 54.1 Å². The second-order valence-electron chi connectivity index (χ2n) is 4.75. The number of anilines is 2. The van der Waals surface area contributed by atoms with Crippen LogP contribution in [0, 0.1) is 0 Å². The van der Waals surface area contributed by atoms with Gasteiger partial charge in [0, 0.05) is 11.3 Å². The molecule has 0 aromatic heterocycles. The van der Waals surface area contributed by atoms with E-state index in [1.165, 1.54) is 25.1 Å². The first-order chi connectivity index (χ1) is 10.8. The third kappa shape index (κ3) is 4.38. The van der Waals surface area contributed by atoms with E-state index >= 15 is 0 Å². The van der Waals surface area contributed by atoms with Crippen LogP contribution in [0.2, 0.25) is 0 Å². The van der Waals surface area contributed by atoms with Crippen LogP contribution in [0.4, 0.5) is 16.2 Å². The topological polar surface area (TPSA) is 118 Å². The Balaban J connectivity index is 2.13. The number of benzene rings is 2. The number of carbonyl (C=O) groups excluding carboxylic acids is 2. The number of urea groups is 1. The smallest absolute Gasteiger partial charge is 0.308 e. The lowest BCUT2D eigenvalue weighted by atomic mass is 10.1. The molecule has 2 amide bonds. The standard InChI is InChI=1S/C15H15N3O4S/c1-10(19)11-6-8-12(9-7-11)17-15(20)18-13-4-2-3-5-14(13)23(16,21)22/h2-9H,1H3,(H2,16,21,22)(H2,17,18,20). The number of carbonyl (C=O) groups is 2. The number of ketones is 1. The van der Waals surface area contributed by atoms with Crippen LogP contribution in [-0.4, -0.2) is 20.2 Å². The van der Waals surface area contributed by atoms with E-state index in [9.17, 15) is 18.0 Å². The van der Waals surface area contributed by atoms with Crippen LogP contribution in [0.5, 0.6) is 0 Å². The minimum atomic E-state index is -3.95. The molecule has 0 aliphatic carbocycles. The highest BCUT2D eigenvalue weighted by Crippen LogP contribution is 2.19. The van der Waals surface area contributed by atoms with Gasteiger partial charge in [-0.2, -0.15) is 0 Å². The van der Waals surface area contributed by atoms with Crippen LogP contribution in [0.15, 0.2) is 53.4 Å². The zero-order valence-corrected chi connectivity index (χ0v) is 13.1. The van der Waals surface area contributed by atoms with Gasteiger partial charge < -0.3 is 10.6 Å². The highest BCUT2D eigenvalue weighted by atomic mass is 32.2. The fourth-order valence-electron chi connectivity index (χ4n) is 1.89. The largest absolute Gasteiger partial charge is 0.323 e. The molecular weight excluding hydrogens is 318 g/mol. The number of primary sulfonamides is 1. The van der Waals surface area contributed by atoms with E-state index in [1.54, 1.807) is 30.3 Å². The first-order valence-corrected chi connectivity index (χ1v) is 8.13. The molecule has 23 heavy (non-hydrogen) atoms. The molecule has 0 fully saturated rings. The summed E-state index contributed by atoms with van der Waals surface area (Å²) in [6, 6.07) is 11.5. The number of rotatable bonds is 4. The van der Waals surface area contributed by atoms with Crippen molar-refractivity contribution in [2.24, 2.45) is 5.14 Å². The van der Waals surface area contributed by atoms with E-state index in [0.717, 1.165) is 0 Å². The molecule has 0 bridgehead atoms. The first-order valence-electron chi connectivity index (χ1n) is 6.58. The summed E-state index contributed by atoms with van der Waals surface area (Å²) in [5, 5.41) is 10.1. The lowest BCUT2D eigenvalue weighted by Gasteiger charge is -2.10. The van der Waals surface area contributed by atoms with Crippen molar-refractivity contribution in [2.45, 2.75) is 11.8 Å². The van der Waals surface area contributed by atoms with Gasteiger partial charge in [0.05, 0.1) is 5.69 Å². The molecule has 2 aromatic carbocycles. The van der Waals surface area contributed by atoms with Gasteiger partial charge in [0.1, 0.15) is 4.90 Å². The summed E-state index contributed by atoms with van der Waals surface area (Å²) in [5.74, 6) is -0.0805. The molecule has 7 nitrogen and oxygen atoms in total. The molecular formula is C15H15N3O4S. The van der Waals surface area contributed by atoms with Crippen LogP contribution in [0.3, 0.4) is 0 Å². The molecule has 0 unspecified atom stereocenters. The van der Waals surface area contributed by atoms with Gasteiger partial charge in [-0.1, -0.05) is 12.1 Å². The lowest BCUT2D eigenvalue weighted by Crippen LogP contribution is -2.22. The van der Waals surface area contributed by atoms with Gasteiger partial charge in [0.15, 0.2) is 5.78 Å². The summed E-state index contributed by atoms with van der Waals surface area (Å²) < 4.78 is 22.9. The third-order valence-corrected chi connectivity index (χ3v) is 3.96. The van der Waals surface area contributed by atoms with E-state index in [-0.39, 0.29) is 16.4 Å². The third-order valence-electron chi connectivity index (χ3n) is 2.99. The maximum Gasteiger partial charge on any atom is 0.323 e. The van der Waals surface area contributed by atoms with Crippen LogP contribution in [0.25, 0.3) is 0 Å². The zero-order chi connectivity index (χ0) is 17.0. The normalized spacial score (nSPS) is 10.9. The van der Waals surface area contributed by atoms with Gasteiger partial charge >= 0.3 is 6.03 Å². The number of hydrogen-bond acceptors (Lipinski definition) is 4. The maximum absolute atomic E-state index is 12.0. The van der Waals surface area contributed by atoms with Crippen molar-refractivity contribution in [1.82, 2.24) is 0 Å². The zero-order valence-electron chi connectivity index (χ0n) is 12.2. The Kier molecular flexibility index (Phi) is 4.77. The van der Waals surface area contributed by atoms with E-state index < -0.39 is 16.1 Å². The van der Waals surface area contributed by atoms with E-state index in [2.05, 4.69) is 10.6 Å². The van der Waals surface area contributed by atoms with Gasteiger partial charge in [-0.25, -0.2) is 18.4 Å². The Morgan fingerprint density at radius 3 is 2.13 bits per heavy atom. The predicted octanol–water partition coefficient (Wildman–Crippen LogP) is 2.18. The Morgan fingerprint density at radius 2 is 1.57 bits per heavy atom. The number of amides is 2. The number of hydrogen-bond donors (Lipinski definition) is 3. The number of nitrogens with two attached hydrogens (primary N) is 1. The fourth-order valence-corrected chi connectivity index (χ4v) is 2.58. The van der Waals surface area contributed by atoms with Crippen LogP contribution < -0.4 is 15.8 Å². The quantitative estimate of drug-likeness (QED) is 0.743. The van der Waals surface area contributed by atoms with Crippen molar-refractivity contribution in [3.63, 3.8) is 0 Å². The molecule has 0 saturated carbocycles. The van der Waals surface area contributed by atoms with Crippen LogP contribution >= 0.6 is 0 Å². The second-order valence-corrected chi connectivity index (χ2v) is 6.28. The van der Waals surface area contributed by atoms with Gasteiger partial charge in [-0.3, -0.25) is 4.79 Å². The van der Waals surface area contributed by atoms with Gasteiger partial charge in [0.2, 0.25) is 10.0 Å². The van der Waals surface area contributed by atoms with Crippen molar-refractivity contribution in [1.29, 1.82) is 0 Å². The average Bonchev–Trinajstić information content (AvgIpc) is 2.47. The molecule has 4 N–H and O–H groups in total. The molecule has 8 heteroatoms. The maximum atomic E-state index is 12.0. The van der Waals surface area contributed by atoms with Gasteiger partial charge in [-0.05, 0) is 43.3 Å². The van der Waals surface area contributed by atoms with E-state index in [4.69, 9.17) is 5.14 Å². The molecule has 120 valence electrons. The molecule has 0 saturated heterocycles. The minimum absolute atomic E-state index is 0.0767. The Bertz CT molecular complexity index is 845. The van der Waals surface area contributed by atoms with Crippen LogP contribution in [-0.2, 0) is 10.0 Å². The second kappa shape index (κ2) is 6.59. The highest BCUT2D eigenvalue weighted by Gasteiger charge is 2.15. The highest BCUT2D eigenvalue weighted by molar-refractivity contribution is 7.89. The summed E-state index contributed by atoms with van der Waals surface area (Å²) in [5.41, 5.74) is 1.06. The summed E-state index contributed by atoms with van der Waals surface area (Å²) >= 11 is 0. The predicted molar refractivity (Wildman–Crippen MR) is 86.9 cm³/mol. The molecule has 2 aromatic rings. The summed E-state index contributed by atoms with van der Waals surface area (Å²) in [7, 11) is -3.95. The number of nitrogens with one attached hydrogen (secondary N) is 2. The summed E-state index contributed by atoms with van der Waals surface area (Å²) in [6.45, 7) is 1.44. The fraction of sp³-hybridized carbons (Fsp3) is 0.0667. The summed E-state index contributed by atoms with van der Waals surface area (Å²) in [4.78, 5) is 23.0. The molecule has 2 rings (SSSR count). The first kappa shape index (κ1) is 16.7. The molecule has 0 atom stereocenters. The van der Waals surface area contributed by atoms with Crippen LogP contribution in [0.1, 0.15) is 17.3 Å². The van der Waals surface area contributed by atoms with Crippen molar-refractivity contribution in [2.75, 3.05) is 10.6 Å². The Labute approximate surface area is 133 Å². The molecule has 0 aliphatic heterocycles.